The Bertz CT molecular complexity index is 376. The minimum Gasteiger partial charge on any atom is -0.122 e. The molecule has 0 bridgehead atoms. The lowest BCUT2D eigenvalue weighted by Gasteiger charge is -2.25. The van der Waals surface area contributed by atoms with E-state index in [0.717, 1.165) is 0 Å². The highest BCUT2D eigenvalue weighted by atomic mass is 31.0. The predicted molar refractivity (Wildman–Crippen MR) is 69.0 cm³/mol. The Kier molecular flexibility index (Phi) is 2.88. The van der Waals surface area contributed by atoms with E-state index in [1.165, 1.54) is 11.1 Å². The van der Waals surface area contributed by atoms with E-state index in [1.807, 2.05) is 0 Å². The van der Waals surface area contributed by atoms with Gasteiger partial charge in [0.1, 0.15) is 0 Å². The summed E-state index contributed by atoms with van der Waals surface area (Å²) < 4.78 is 0. The summed E-state index contributed by atoms with van der Waals surface area (Å²) in [6, 6.07) is 21.1. The molecule has 0 aliphatic rings. The maximum Gasteiger partial charge on any atom is 0.0316 e. The van der Waals surface area contributed by atoms with Gasteiger partial charge in [-0.3, -0.25) is 0 Å². The molecule has 0 N–H and O–H groups in total. The van der Waals surface area contributed by atoms with Crippen molar-refractivity contribution in [2.75, 3.05) is 0 Å². The molecular formula is C14H15P. The molecule has 0 heterocycles. The lowest BCUT2D eigenvalue weighted by molar-refractivity contribution is 0.840. The minimum absolute atomic E-state index is 0.00250. The Labute approximate surface area is 93.5 Å². The molecule has 15 heavy (non-hydrogen) atoms. The summed E-state index contributed by atoms with van der Waals surface area (Å²) in [6.45, 7) is 2.22. The van der Waals surface area contributed by atoms with Crippen molar-refractivity contribution in [3.63, 3.8) is 0 Å². The first-order chi connectivity index (χ1) is 7.21. The molecule has 0 nitrogen and oxygen atoms in total. The molecule has 0 spiro atoms. The summed E-state index contributed by atoms with van der Waals surface area (Å²) in [5.74, 6) is 0. The topological polar surface area (TPSA) is 0 Å². The zero-order valence-electron chi connectivity index (χ0n) is 8.85. The third kappa shape index (κ3) is 2.11. The summed E-state index contributed by atoms with van der Waals surface area (Å²) in [7, 11) is 2.94. The summed E-state index contributed by atoms with van der Waals surface area (Å²) in [5, 5.41) is 0.00250. The third-order valence-corrected chi connectivity index (χ3v) is 3.41. The molecule has 0 aliphatic heterocycles. The zero-order chi connectivity index (χ0) is 10.7. The van der Waals surface area contributed by atoms with Gasteiger partial charge in [0.2, 0.25) is 0 Å². The van der Waals surface area contributed by atoms with Crippen LogP contribution in [-0.2, 0) is 5.16 Å². The van der Waals surface area contributed by atoms with Gasteiger partial charge in [-0.1, -0.05) is 60.7 Å². The molecular weight excluding hydrogens is 199 g/mol. The highest BCUT2D eigenvalue weighted by molar-refractivity contribution is 7.18. The van der Waals surface area contributed by atoms with E-state index >= 15 is 0 Å². The van der Waals surface area contributed by atoms with Gasteiger partial charge in [-0.25, -0.2) is 0 Å². The van der Waals surface area contributed by atoms with E-state index in [1.54, 1.807) is 0 Å². The lowest BCUT2D eigenvalue weighted by Crippen LogP contribution is -2.14. The third-order valence-electron chi connectivity index (χ3n) is 2.75. The lowest BCUT2D eigenvalue weighted by atomic mass is 9.92. The van der Waals surface area contributed by atoms with Crippen LogP contribution in [0.15, 0.2) is 60.7 Å². The van der Waals surface area contributed by atoms with Crippen LogP contribution in [0.1, 0.15) is 18.1 Å². The molecule has 0 radical (unpaired) electrons. The maximum absolute atomic E-state index is 2.94. The van der Waals surface area contributed by atoms with Gasteiger partial charge >= 0.3 is 0 Å². The standard InChI is InChI=1S/C14H15P/c1-14(15,12-8-4-2-5-9-12)13-10-6-3-7-11-13/h2-11H,15H2,1H3. The van der Waals surface area contributed by atoms with Crippen LogP contribution in [-0.4, -0.2) is 0 Å². The molecule has 0 saturated carbocycles. The van der Waals surface area contributed by atoms with Crippen LogP contribution < -0.4 is 0 Å². The van der Waals surface area contributed by atoms with Crippen LogP contribution in [0.2, 0.25) is 0 Å². The van der Waals surface area contributed by atoms with Crippen LogP contribution in [0.5, 0.6) is 0 Å². The van der Waals surface area contributed by atoms with E-state index < -0.39 is 0 Å². The Balaban J connectivity index is 2.44. The molecule has 1 atom stereocenters. The van der Waals surface area contributed by atoms with Crippen LogP contribution in [0.4, 0.5) is 0 Å². The van der Waals surface area contributed by atoms with Crippen molar-refractivity contribution in [1.29, 1.82) is 0 Å². The number of benzene rings is 2. The van der Waals surface area contributed by atoms with Gasteiger partial charge in [0.25, 0.3) is 0 Å². The smallest absolute Gasteiger partial charge is 0.0316 e. The maximum atomic E-state index is 2.94. The van der Waals surface area contributed by atoms with Gasteiger partial charge < -0.3 is 0 Å². The predicted octanol–water partition coefficient (Wildman–Crippen LogP) is 3.83. The summed E-state index contributed by atoms with van der Waals surface area (Å²) >= 11 is 0. The molecule has 1 unspecified atom stereocenters. The SMILES string of the molecule is CC(P)(c1ccccc1)c1ccccc1. The number of hydrogen-bond donors (Lipinski definition) is 0. The fraction of sp³-hybridized carbons (Fsp3) is 0.143. The summed E-state index contributed by atoms with van der Waals surface area (Å²) in [4.78, 5) is 0. The molecule has 0 saturated heterocycles. The van der Waals surface area contributed by atoms with Crippen molar-refractivity contribution in [3.05, 3.63) is 71.8 Å². The fourth-order valence-electron chi connectivity index (χ4n) is 1.74. The second-order valence-corrected chi connectivity index (χ2v) is 5.09. The Morgan fingerprint density at radius 3 is 1.40 bits per heavy atom. The molecule has 1 heteroatoms. The van der Waals surface area contributed by atoms with Crippen LogP contribution in [0, 0.1) is 0 Å². The average Bonchev–Trinajstić information content (AvgIpc) is 2.31. The van der Waals surface area contributed by atoms with E-state index in [0.29, 0.717) is 0 Å². The number of rotatable bonds is 2. The summed E-state index contributed by atoms with van der Waals surface area (Å²) in [6.07, 6.45) is 0. The second-order valence-electron chi connectivity index (χ2n) is 3.93. The molecule has 2 aromatic carbocycles. The molecule has 2 aromatic rings. The van der Waals surface area contributed by atoms with Gasteiger partial charge in [-0.05, 0) is 18.1 Å². The quantitative estimate of drug-likeness (QED) is 0.666. The molecule has 0 aliphatic carbocycles. The number of hydrogen-bond acceptors (Lipinski definition) is 0. The highest BCUT2D eigenvalue weighted by Crippen LogP contribution is 2.37. The fourth-order valence-corrected chi connectivity index (χ4v) is 2.12. The molecule has 2 rings (SSSR count). The van der Waals surface area contributed by atoms with Crippen molar-refractivity contribution in [3.8, 4) is 0 Å². The average molecular weight is 214 g/mol. The van der Waals surface area contributed by atoms with Crippen LogP contribution in [0.25, 0.3) is 0 Å². The van der Waals surface area contributed by atoms with Crippen LogP contribution in [0.3, 0.4) is 0 Å². The monoisotopic (exact) mass is 214 g/mol. The van der Waals surface area contributed by atoms with Crippen LogP contribution >= 0.6 is 9.24 Å². The van der Waals surface area contributed by atoms with Gasteiger partial charge in [-0.15, -0.1) is 9.24 Å². The highest BCUT2D eigenvalue weighted by Gasteiger charge is 2.22. The normalized spacial score (nSPS) is 11.3. The Hall–Kier alpha value is -1.13. The summed E-state index contributed by atoms with van der Waals surface area (Å²) in [5.41, 5.74) is 2.64. The first kappa shape index (κ1) is 10.4. The Morgan fingerprint density at radius 1 is 0.733 bits per heavy atom. The van der Waals surface area contributed by atoms with Crippen molar-refractivity contribution < 1.29 is 0 Å². The molecule has 0 aromatic heterocycles. The van der Waals surface area contributed by atoms with Gasteiger partial charge in [0.05, 0.1) is 0 Å². The first-order valence-electron chi connectivity index (χ1n) is 5.11. The van der Waals surface area contributed by atoms with Crippen molar-refractivity contribution in [2.24, 2.45) is 0 Å². The largest absolute Gasteiger partial charge is 0.122 e. The molecule has 76 valence electrons. The van der Waals surface area contributed by atoms with Crippen molar-refractivity contribution in [2.45, 2.75) is 12.1 Å². The van der Waals surface area contributed by atoms with Gasteiger partial charge in [0, 0.05) is 5.16 Å². The zero-order valence-corrected chi connectivity index (χ0v) is 10.0. The van der Waals surface area contributed by atoms with E-state index in [9.17, 15) is 0 Å². The van der Waals surface area contributed by atoms with E-state index in [-0.39, 0.29) is 5.16 Å². The minimum atomic E-state index is 0.00250. The Morgan fingerprint density at radius 2 is 1.07 bits per heavy atom. The second kappa shape index (κ2) is 4.16. The molecule has 0 fully saturated rings. The van der Waals surface area contributed by atoms with Crippen molar-refractivity contribution >= 4 is 9.24 Å². The molecule has 0 amide bonds. The first-order valence-corrected chi connectivity index (χ1v) is 5.69. The van der Waals surface area contributed by atoms with E-state index in [2.05, 4.69) is 76.8 Å². The van der Waals surface area contributed by atoms with E-state index in [4.69, 9.17) is 0 Å². The van der Waals surface area contributed by atoms with Gasteiger partial charge in [0.15, 0.2) is 0 Å². The van der Waals surface area contributed by atoms with Gasteiger partial charge in [-0.2, -0.15) is 0 Å². The van der Waals surface area contributed by atoms with Crippen molar-refractivity contribution in [1.82, 2.24) is 0 Å².